The van der Waals surface area contributed by atoms with Gasteiger partial charge in [0.2, 0.25) is 22.7 Å². The molecule has 0 bridgehead atoms. The molecular formula is C16H14F2N2O5S. The van der Waals surface area contributed by atoms with Crippen LogP contribution in [0.3, 0.4) is 0 Å². The molecule has 0 fully saturated rings. The average Bonchev–Trinajstić information content (AvgIpc) is 3.04. The molecule has 1 aliphatic heterocycles. The van der Waals surface area contributed by atoms with Crippen molar-refractivity contribution < 1.29 is 31.5 Å². The maximum absolute atomic E-state index is 13.1. The molecule has 1 heterocycles. The van der Waals surface area contributed by atoms with Crippen LogP contribution in [0.15, 0.2) is 41.3 Å². The van der Waals surface area contributed by atoms with Crippen molar-refractivity contribution in [3.63, 3.8) is 0 Å². The summed E-state index contributed by atoms with van der Waals surface area (Å²) < 4.78 is 62.5. The number of sulfonamides is 1. The summed E-state index contributed by atoms with van der Waals surface area (Å²) in [7, 11) is -4.05. The molecule has 0 aliphatic carbocycles. The number of halogens is 2. The average molecular weight is 384 g/mol. The first kappa shape index (κ1) is 18.1. The summed E-state index contributed by atoms with van der Waals surface area (Å²) in [5.41, 5.74) is 0.475. The topological polar surface area (TPSA) is 93.7 Å². The predicted octanol–water partition coefficient (Wildman–Crippen LogP) is 2.00. The highest BCUT2D eigenvalue weighted by atomic mass is 32.2. The number of carbonyl (C=O) groups excluding carboxylic acids is 1. The first-order chi connectivity index (χ1) is 12.3. The van der Waals surface area contributed by atoms with Crippen molar-refractivity contribution in [2.24, 2.45) is 0 Å². The number of carbonyl (C=O) groups is 1. The van der Waals surface area contributed by atoms with Crippen LogP contribution in [-0.2, 0) is 14.8 Å². The number of nitrogens with one attached hydrogen (secondary N) is 2. The summed E-state index contributed by atoms with van der Waals surface area (Å²) in [6.45, 7) is -0.101. The third-order valence-electron chi connectivity index (χ3n) is 3.50. The Kier molecular flexibility index (Phi) is 5.05. The number of rotatable bonds is 6. The van der Waals surface area contributed by atoms with Crippen LogP contribution < -0.4 is 19.5 Å². The van der Waals surface area contributed by atoms with Crippen LogP contribution in [0.25, 0.3) is 0 Å². The number of hydrogen-bond acceptors (Lipinski definition) is 5. The lowest BCUT2D eigenvalue weighted by molar-refractivity contribution is -0.116. The van der Waals surface area contributed by atoms with Crippen LogP contribution in [0.5, 0.6) is 11.5 Å². The van der Waals surface area contributed by atoms with Crippen molar-refractivity contribution in [3.05, 3.63) is 48.0 Å². The number of hydrogen-bond donors (Lipinski definition) is 2. The van der Waals surface area contributed by atoms with Gasteiger partial charge in [0, 0.05) is 24.7 Å². The molecule has 0 atom stereocenters. The zero-order valence-corrected chi connectivity index (χ0v) is 14.1. The van der Waals surface area contributed by atoms with Gasteiger partial charge in [-0.1, -0.05) is 0 Å². The van der Waals surface area contributed by atoms with E-state index in [-0.39, 0.29) is 19.8 Å². The van der Waals surface area contributed by atoms with E-state index in [2.05, 4.69) is 10.0 Å². The van der Waals surface area contributed by atoms with Crippen molar-refractivity contribution >= 4 is 21.6 Å². The fourth-order valence-electron chi connectivity index (χ4n) is 2.22. The monoisotopic (exact) mass is 384 g/mol. The van der Waals surface area contributed by atoms with Crippen molar-refractivity contribution in [2.45, 2.75) is 11.3 Å². The van der Waals surface area contributed by atoms with Crippen LogP contribution in [0.1, 0.15) is 6.42 Å². The Morgan fingerprint density at radius 1 is 1.04 bits per heavy atom. The molecule has 2 aromatic rings. The maximum Gasteiger partial charge on any atom is 0.240 e. The van der Waals surface area contributed by atoms with Crippen LogP contribution in [0, 0.1) is 11.6 Å². The van der Waals surface area contributed by atoms with E-state index in [0.717, 1.165) is 12.1 Å². The summed E-state index contributed by atoms with van der Waals surface area (Å²) >= 11 is 0. The van der Waals surface area contributed by atoms with E-state index in [9.17, 15) is 22.0 Å². The van der Waals surface area contributed by atoms with Gasteiger partial charge in [-0.15, -0.1) is 0 Å². The van der Waals surface area contributed by atoms with Crippen LogP contribution in [-0.4, -0.2) is 27.7 Å². The minimum atomic E-state index is -4.05. The molecule has 138 valence electrons. The Labute approximate surface area is 148 Å². The van der Waals surface area contributed by atoms with Gasteiger partial charge in [0.05, 0.1) is 4.90 Å². The lowest BCUT2D eigenvalue weighted by Gasteiger charge is -2.08. The Hall–Kier alpha value is -2.72. The minimum Gasteiger partial charge on any atom is -0.454 e. The molecule has 0 unspecified atom stereocenters. The first-order valence-corrected chi connectivity index (χ1v) is 8.98. The van der Waals surface area contributed by atoms with Crippen molar-refractivity contribution in [1.82, 2.24) is 4.72 Å². The molecule has 26 heavy (non-hydrogen) atoms. The summed E-state index contributed by atoms with van der Waals surface area (Å²) in [6, 6.07) is 7.08. The van der Waals surface area contributed by atoms with Gasteiger partial charge in [-0.2, -0.15) is 0 Å². The zero-order valence-electron chi connectivity index (χ0n) is 13.3. The molecule has 2 aromatic carbocycles. The Bertz CT molecular complexity index is 950. The van der Waals surface area contributed by atoms with E-state index in [0.29, 0.717) is 23.3 Å². The molecule has 0 aromatic heterocycles. The molecule has 0 saturated carbocycles. The number of anilines is 1. The van der Waals surface area contributed by atoms with E-state index in [1.165, 1.54) is 0 Å². The molecule has 10 heteroatoms. The summed E-state index contributed by atoms with van der Waals surface area (Å²) in [5.74, 6) is -1.78. The number of fused-ring (bicyclic) bond motifs is 1. The van der Waals surface area contributed by atoms with Gasteiger partial charge >= 0.3 is 0 Å². The molecule has 0 radical (unpaired) electrons. The quantitative estimate of drug-likeness (QED) is 0.795. The molecule has 1 amide bonds. The molecule has 7 nitrogen and oxygen atoms in total. The lowest BCUT2D eigenvalue weighted by Crippen LogP contribution is -2.28. The van der Waals surface area contributed by atoms with Gasteiger partial charge in [0.25, 0.3) is 0 Å². The standard InChI is InChI=1S/C16H14F2N2O5S/c17-12-3-2-11(8-13(12)18)26(22,23)19-6-5-16(21)20-10-1-4-14-15(7-10)25-9-24-14/h1-4,7-8,19H,5-6,9H2,(H,20,21). The van der Waals surface area contributed by atoms with Crippen LogP contribution in [0.2, 0.25) is 0 Å². The lowest BCUT2D eigenvalue weighted by atomic mass is 10.2. The number of amides is 1. The van der Waals surface area contributed by atoms with Crippen molar-refractivity contribution in [1.29, 1.82) is 0 Å². The Morgan fingerprint density at radius 3 is 2.58 bits per heavy atom. The van der Waals surface area contributed by atoms with E-state index >= 15 is 0 Å². The first-order valence-electron chi connectivity index (χ1n) is 7.49. The Morgan fingerprint density at radius 2 is 1.81 bits per heavy atom. The van der Waals surface area contributed by atoms with Gasteiger partial charge in [-0.25, -0.2) is 21.9 Å². The molecule has 3 rings (SSSR count). The van der Waals surface area contributed by atoms with E-state index < -0.39 is 32.5 Å². The SMILES string of the molecule is O=C(CCNS(=O)(=O)c1ccc(F)c(F)c1)Nc1ccc2c(c1)OCO2. The highest BCUT2D eigenvalue weighted by molar-refractivity contribution is 7.89. The smallest absolute Gasteiger partial charge is 0.240 e. The van der Waals surface area contributed by atoms with E-state index in [1.807, 2.05) is 0 Å². The molecule has 1 aliphatic rings. The number of ether oxygens (including phenoxy) is 2. The van der Waals surface area contributed by atoms with Gasteiger partial charge in [0.1, 0.15) is 0 Å². The third-order valence-corrected chi connectivity index (χ3v) is 4.96. The van der Waals surface area contributed by atoms with Gasteiger partial charge < -0.3 is 14.8 Å². The van der Waals surface area contributed by atoms with Crippen molar-refractivity contribution in [3.8, 4) is 11.5 Å². The maximum atomic E-state index is 13.1. The normalized spacial score (nSPS) is 12.8. The molecular weight excluding hydrogens is 370 g/mol. The van der Waals surface area contributed by atoms with Gasteiger partial charge in [-0.3, -0.25) is 4.79 Å². The second kappa shape index (κ2) is 7.26. The largest absolute Gasteiger partial charge is 0.454 e. The fraction of sp³-hybridized carbons (Fsp3) is 0.188. The predicted molar refractivity (Wildman–Crippen MR) is 87.4 cm³/mol. The Balaban J connectivity index is 1.53. The summed E-state index contributed by atoms with van der Waals surface area (Å²) in [6.07, 6.45) is -0.155. The second-order valence-corrected chi connectivity index (χ2v) is 7.11. The third kappa shape index (κ3) is 4.09. The van der Waals surface area contributed by atoms with Crippen LogP contribution >= 0.6 is 0 Å². The van der Waals surface area contributed by atoms with E-state index in [1.54, 1.807) is 18.2 Å². The molecule has 0 saturated heterocycles. The van der Waals surface area contributed by atoms with Gasteiger partial charge in [-0.05, 0) is 30.3 Å². The minimum absolute atomic E-state index is 0.110. The molecule has 2 N–H and O–H groups in total. The highest BCUT2D eigenvalue weighted by Gasteiger charge is 2.17. The fourth-order valence-corrected chi connectivity index (χ4v) is 3.27. The highest BCUT2D eigenvalue weighted by Crippen LogP contribution is 2.34. The second-order valence-electron chi connectivity index (χ2n) is 5.34. The molecule has 0 spiro atoms. The van der Waals surface area contributed by atoms with E-state index in [4.69, 9.17) is 9.47 Å². The summed E-state index contributed by atoms with van der Waals surface area (Å²) in [5, 5.41) is 2.60. The van der Waals surface area contributed by atoms with Gasteiger partial charge in [0.15, 0.2) is 23.1 Å². The van der Waals surface area contributed by atoms with Crippen LogP contribution in [0.4, 0.5) is 14.5 Å². The summed E-state index contributed by atoms with van der Waals surface area (Å²) in [4.78, 5) is 11.5. The number of benzene rings is 2. The van der Waals surface area contributed by atoms with Crippen molar-refractivity contribution in [2.75, 3.05) is 18.7 Å². The zero-order chi connectivity index (χ0) is 18.7.